The van der Waals surface area contributed by atoms with E-state index < -0.39 is 14.9 Å². The second-order valence-corrected chi connectivity index (χ2v) is 5.90. The minimum atomic E-state index is -4.02. The summed E-state index contributed by atoms with van der Waals surface area (Å²) in [5, 5.41) is 10.7. The van der Waals surface area contributed by atoms with Gasteiger partial charge in [-0.15, -0.1) is 0 Å². The molecule has 0 unspecified atom stereocenters. The molecule has 1 aromatic heterocycles. The number of aromatic nitrogens is 1. The van der Waals surface area contributed by atoms with Crippen LogP contribution < -0.4 is 10.5 Å². The highest BCUT2D eigenvalue weighted by atomic mass is 32.2. The van der Waals surface area contributed by atoms with Gasteiger partial charge in [-0.2, -0.15) is 0 Å². The Balaban J connectivity index is 2.26. The predicted octanol–water partition coefficient (Wildman–Crippen LogP) is 0.952. The zero-order valence-corrected chi connectivity index (χ0v) is 11.8. The third-order valence-electron chi connectivity index (χ3n) is 2.58. The maximum Gasteiger partial charge on any atom is 0.270 e. The summed E-state index contributed by atoms with van der Waals surface area (Å²) < 4.78 is 31.6. The summed E-state index contributed by atoms with van der Waals surface area (Å²) in [4.78, 5) is 13.5. The average Bonchev–Trinajstić information content (AvgIpc) is 2.82. The van der Waals surface area contributed by atoms with Gasteiger partial charge in [0.1, 0.15) is 10.7 Å². The minimum Gasteiger partial charge on any atom is -0.445 e. The van der Waals surface area contributed by atoms with Crippen molar-refractivity contribution in [3.05, 3.63) is 46.2 Å². The second kappa shape index (κ2) is 5.50. The monoisotopic (exact) mass is 312 g/mol. The first-order chi connectivity index (χ1) is 9.79. The fourth-order valence-electron chi connectivity index (χ4n) is 1.59. The van der Waals surface area contributed by atoms with E-state index in [2.05, 4.69) is 9.71 Å². The second-order valence-electron chi connectivity index (χ2n) is 4.17. The van der Waals surface area contributed by atoms with Crippen LogP contribution in [0.4, 0.5) is 11.4 Å². The van der Waals surface area contributed by atoms with E-state index >= 15 is 0 Å². The van der Waals surface area contributed by atoms with Gasteiger partial charge in [-0.25, -0.2) is 18.1 Å². The topological polar surface area (TPSA) is 141 Å². The van der Waals surface area contributed by atoms with Gasteiger partial charge in [-0.1, -0.05) is 0 Å². The first-order valence-electron chi connectivity index (χ1n) is 5.74. The molecule has 9 nitrogen and oxygen atoms in total. The molecule has 0 radical (unpaired) electrons. The third kappa shape index (κ3) is 3.35. The molecule has 0 fully saturated rings. The third-order valence-corrected chi connectivity index (χ3v) is 4.04. The standard InChI is InChI=1S/C11H12N4O5S/c1-7-5-13-11(20-7)6-14-21(18,19)10-4-8(15(16)17)2-3-9(10)12/h2-5,14H,6,12H2,1H3. The van der Waals surface area contributed by atoms with Crippen LogP contribution in [-0.2, 0) is 16.6 Å². The van der Waals surface area contributed by atoms with Crippen molar-refractivity contribution >= 4 is 21.4 Å². The predicted molar refractivity (Wildman–Crippen MR) is 72.8 cm³/mol. The van der Waals surface area contributed by atoms with E-state index in [-0.39, 0.29) is 28.7 Å². The summed E-state index contributed by atoms with van der Waals surface area (Å²) in [7, 11) is -4.02. The number of nitrogens with two attached hydrogens (primary N) is 1. The number of nitrogens with zero attached hydrogens (tertiary/aromatic N) is 2. The van der Waals surface area contributed by atoms with Gasteiger partial charge in [-0.3, -0.25) is 10.1 Å². The zero-order valence-electron chi connectivity index (χ0n) is 10.9. The van der Waals surface area contributed by atoms with Crippen LogP contribution in [0.25, 0.3) is 0 Å². The molecule has 0 aliphatic rings. The molecule has 0 amide bonds. The molecule has 21 heavy (non-hydrogen) atoms. The molecule has 1 heterocycles. The van der Waals surface area contributed by atoms with E-state index in [1.165, 1.54) is 12.3 Å². The lowest BCUT2D eigenvalue weighted by Crippen LogP contribution is -2.24. The van der Waals surface area contributed by atoms with Crippen LogP contribution in [0.3, 0.4) is 0 Å². The summed E-state index contributed by atoms with van der Waals surface area (Å²) in [6.07, 6.45) is 1.45. The first kappa shape index (κ1) is 14.9. The number of benzene rings is 1. The summed E-state index contributed by atoms with van der Waals surface area (Å²) in [6, 6.07) is 3.20. The smallest absolute Gasteiger partial charge is 0.270 e. The maximum atomic E-state index is 12.1. The number of non-ortho nitro benzene ring substituents is 1. The number of nitrogen functional groups attached to an aromatic ring is 1. The highest BCUT2D eigenvalue weighted by Gasteiger charge is 2.21. The van der Waals surface area contributed by atoms with E-state index in [9.17, 15) is 18.5 Å². The molecule has 0 atom stereocenters. The van der Waals surface area contributed by atoms with Crippen molar-refractivity contribution in [3.8, 4) is 0 Å². The number of rotatable bonds is 5. The number of sulfonamides is 1. The molecule has 3 N–H and O–H groups in total. The van der Waals surface area contributed by atoms with E-state index in [1.54, 1.807) is 6.92 Å². The lowest BCUT2D eigenvalue weighted by molar-refractivity contribution is -0.385. The average molecular weight is 312 g/mol. The summed E-state index contributed by atoms with van der Waals surface area (Å²) in [5.74, 6) is 0.721. The first-order valence-corrected chi connectivity index (χ1v) is 7.23. The normalized spacial score (nSPS) is 11.5. The van der Waals surface area contributed by atoms with Crippen LogP contribution in [0.1, 0.15) is 11.7 Å². The fraction of sp³-hybridized carbons (Fsp3) is 0.182. The van der Waals surface area contributed by atoms with E-state index in [0.717, 1.165) is 12.1 Å². The van der Waals surface area contributed by atoms with Gasteiger partial charge >= 0.3 is 0 Å². The van der Waals surface area contributed by atoms with Gasteiger partial charge in [-0.05, 0) is 13.0 Å². The quantitative estimate of drug-likeness (QED) is 0.475. The molecule has 0 bridgehead atoms. The largest absolute Gasteiger partial charge is 0.445 e. The highest BCUT2D eigenvalue weighted by molar-refractivity contribution is 7.89. The number of nitro groups is 1. The maximum absolute atomic E-state index is 12.1. The van der Waals surface area contributed by atoms with Gasteiger partial charge in [0, 0.05) is 12.1 Å². The van der Waals surface area contributed by atoms with Gasteiger partial charge in [0.15, 0.2) is 0 Å². The van der Waals surface area contributed by atoms with Gasteiger partial charge < -0.3 is 10.2 Å². The SMILES string of the molecule is Cc1cnc(CNS(=O)(=O)c2cc([N+](=O)[O-])ccc2N)o1. The lowest BCUT2D eigenvalue weighted by Gasteiger charge is -2.07. The van der Waals surface area contributed by atoms with Crippen molar-refractivity contribution in [2.45, 2.75) is 18.4 Å². The molecule has 112 valence electrons. The number of anilines is 1. The van der Waals surface area contributed by atoms with Crippen LogP contribution in [0, 0.1) is 17.0 Å². The van der Waals surface area contributed by atoms with Crippen molar-refractivity contribution in [1.82, 2.24) is 9.71 Å². The van der Waals surface area contributed by atoms with E-state index in [4.69, 9.17) is 10.2 Å². The van der Waals surface area contributed by atoms with Gasteiger partial charge in [0.2, 0.25) is 15.9 Å². The molecule has 2 aromatic rings. The fourth-order valence-corrected chi connectivity index (χ4v) is 2.71. The molecule has 0 aliphatic heterocycles. The van der Waals surface area contributed by atoms with Crippen LogP contribution in [-0.4, -0.2) is 18.3 Å². The molecule has 1 aromatic carbocycles. The molecule has 0 aliphatic carbocycles. The molecule has 2 rings (SSSR count). The van der Waals surface area contributed by atoms with E-state index in [0.29, 0.717) is 5.76 Å². The Labute approximate surface area is 120 Å². The summed E-state index contributed by atoms with van der Waals surface area (Å²) in [5.41, 5.74) is 5.12. The molecular weight excluding hydrogens is 300 g/mol. The van der Waals surface area contributed by atoms with Crippen molar-refractivity contribution in [2.75, 3.05) is 5.73 Å². The van der Waals surface area contributed by atoms with Gasteiger partial charge in [0.05, 0.1) is 23.4 Å². The minimum absolute atomic E-state index is 0.0864. The van der Waals surface area contributed by atoms with Crippen molar-refractivity contribution in [3.63, 3.8) is 0 Å². The molecular formula is C11H12N4O5S. The Morgan fingerprint density at radius 2 is 2.19 bits per heavy atom. The number of aryl methyl sites for hydroxylation is 1. The van der Waals surface area contributed by atoms with Crippen LogP contribution in [0.15, 0.2) is 33.7 Å². The number of nitrogens with one attached hydrogen (secondary N) is 1. The Hall–Kier alpha value is -2.46. The summed E-state index contributed by atoms with van der Waals surface area (Å²) >= 11 is 0. The lowest BCUT2D eigenvalue weighted by atomic mass is 10.3. The Morgan fingerprint density at radius 1 is 1.48 bits per heavy atom. The number of oxazole rings is 1. The Kier molecular flexibility index (Phi) is 3.91. The van der Waals surface area contributed by atoms with Crippen molar-refractivity contribution < 1.29 is 17.8 Å². The number of hydrogen-bond acceptors (Lipinski definition) is 7. The van der Waals surface area contributed by atoms with Crippen LogP contribution in [0.2, 0.25) is 0 Å². The number of nitro benzene ring substituents is 1. The van der Waals surface area contributed by atoms with Crippen LogP contribution >= 0.6 is 0 Å². The zero-order chi connectivity index (χ0) is 15.6. The molecule has 0 spiro atoms. The van der Waals surface area contributed by atoms with E-state index in [1.807, 2.05) is 0 Å². The number of hydrogen-bond donors (Lipinski definition) is 2. The molecule has 0 saturated carbocycles. The Bertz CT molecular complexity index is 784. The van der Waals surface area contributed by atoms with Crippen molar-refractivity contribution in [1.29, 1.82) is 0 Å². The van der Waals surface area contributed by atoms with Gasteiger partial charge in [0.25, 0.3) is 5.69 Å². The summed E-state index contributed by atoms with van der Waals surface area (Å²) in [6.45, 7) is 1.49. The molecule has 10 heteroatoms. The molecule has 0 saturated heterocycles. The van der Waals surface area contributed by atoms with Crippen molar-refractivity contribution in [2.24, 2.45) is 0 Å². The highest BCUT2D eigenvalue weighted by Crippen LogP contribution is 2.24. The van der Waals surface area contributed by atoms with Crippen LogP contribution in [0.5, 0.6) is 0 Å². The Morgan fingerprint density at radius 3 is 2.76 bits per heavy atom.